The normalized spacial score (nSPS) is 10.6. The largest absolute Gasteiger partial charge is 0.489 e. The fourth-order valence-corrected chi connectivity index (χ4v) is 2.95. The van der Waals surface area contributed by atoms with Crippen molar-refractivity contribution in [1.29, 1.82) is 0 Å². The summed E-state index contributed by atoms with van der Waals surface area (Å²) in [4.78, 5) is 25.1. The van der Waals surface area contributed by atoms with Crippen molar-refractivity contribution in [2.45, 2.75) is 12.8 Å². The maximum Gasteiger partial charge on any atom is 0.288 e. The van der Waals surface area contributed by atoms with Gasteiger partial charge in [0.15, 0.2) is 11.5 Å². The van der Waals surface area contributed by atoms with E-state index < -0.39 is 18.0 Å². The first-order chi connectivity index (χ1) is 15.2. The van der Waals surface area contributed by atoms with E-state index in [-0.39, 0.29) is 11.5 Å². The second kappa shape index (κ2) is 9.49. The number of hydrogen-bond donors (Lipinski definition) is 2. The zero-order chi connectivity index (χ0) is 21.5. The predicted molar refractivity (Wildman–Crippen MR) is 112 cm³/mol. The van der Waals surface area contributed by atoms with Gasteiger partial charge in [-0.2, -0.15) is 0 Å². The van der Waals surface area contributed by atoms with Crippen molar-refractivity contribution < 1.29 is 23.2 Å². The Bertz CT molecular complexity index is 1070. The summed E-state index contributed by atoms with van der Waals surface area (Å²) in [5.74, 6) is -0.0657. The minimum absolute atomic E-state index is 0.133. The summed E-state index contributed by atoms with van der Waals surface area (Å²) in [7, 11) is 0. The van der Waals surface area contributed by atoms with Crippen LogP contribution in [0.2, 0.25) is 0 Å². The van der Waals surface area contributed by atoms with Crippen LogP contribution in [0, 0.1) is 0 Å². The van der Waals surface area contributed by atoms with Crippen LogP contribution in [0.15, 0.2) is 100 Å². The lowest BCUT2D eigenvalue weighted by molar-refractivity contribution is 0.0853. The standard InChI is InChI=1S/C24H20N2O5/c27-23(20-11-5-13-29-20)25-22(26-24(28)21-12-6-14-30-21)18-9-4-10-19(15-18)31-16-17-7-2-1-3-8-17/h1-15,22H,16H2,(H,25,27)(H,26,28). The monoisotopic (exact) mass is 416 g/mol. The molecule has 2 amide bonds. The highest BCUT2D eigenvalue weighted by atomic mass is 16.5. The van der Waals surface area contributed by atoms with Gasteiger partial charge in [-0.15, -0.1) is 0 Å². The Balaban J connectivity index is 1.53. The SMILES string of the molecule is O=C(NC(NC(=O)c1ccco1)c1cccc(OCc2ccccc2)c1)c1ccco1. The zero-order valence-electron chi connectivity index (χ0n) is 16.5. The van der Waals surface area contributed by atoms with Gasteiger partial charge in [0.25, 0.3) is 11.8 Å². The molecule has 2 N–H and O–H groups in total. The summed E-state index contributed by atoms with van der Waals surface area (Å²) in [5, 5.41) is 5.54. The summed E-state index contributed by atoms with van der Waals surface area (Å²) in [6.07, 6.45) is 1.97. The smallest absolute Gasteiger partial charge is 0.288 e. The number of furan rings is 2. The molecular weight excluding hydrogens is 396 g/mol. The van der Waals surface area contributed by atoms with Crippen LogP contribution in [0.4, 0.5) is 0 Å². The molecule has 0 radical (unpaired) electrons. The molecule has 31 heavy (non-hydrogen) atoms. The van der Waals surface area contributed by atoms with Crippen molar-refractivity contribution in [1.82, 2.24) is 10.6 Å². The summed E-state index contributed by atoms with van der Waals surface area (Å²) >= 11 is 0. The Hall–Kier alpha value is -4.26. The van der Waals surface area contributed by atoms with Gasteiger partial charge in [-0.3, -0.25) is 9.59 Å². The molecule has 2 aromatic heterocycles. The van der Waals surface area contributed by atoms with E-state index in [1.807, 2.05) is 36.4 Å². The predicted octanol–water partition coefficient (Wildman–Crippen LogP) is 4.31. The summed E-state index contributed by atoms with van der Waals surface area (Å²) < 4.78 is 16.2. The number of carbonyl (C=O) groups excluding carboxylic acids is 2. The lowest BCUT2D eigenvalue weighted by Gasteiger charge is -2.20. The van der Waals surface area contributed by atoms with Crippen molar-refractivity contribution in [2.75, 3.05) is 0 Å². The van der Waals surface area contributed by atoms with E-state index in [1.165, 1.54) is 12.5 Å². The first kappa shape index (κ1) is 20.0. The molecule has 0 aliphatic heterocycles. The average Bonchev–Trinajstić information content (AvgIpc) is 3.53. The van der Waals surface area contributed by atoms with Gasteiger partial charge in [0.1, 0.15) is 18.5 Å². The van der Waals surface area contributed by atoms with Crippen molar-refractivity contribution >= 4 is 11.8 Å². The molecule has 0 saturated carbocycles. The molecular formula is C24H20N2O5. The van der Waals surface area contributed by atoms with Crippen LogP contribution >= 0.6 is 0 Å². The molecule has 0 bridgehead atoms. The molecule has 2 aromatic carbocycles. The van der Waals surface area contributed by atoms with Crippen molar-refractivity contribution in [3.05, 3.63) is 114 Å². The maximum absolute atomic E-state index is 12.5. The van der Waals surface area contributed by atoms with Crippen LogP contribution in [0.25, 0.3) is 0 Å². The van der Waals surface area contributed by atoms with E-state index in [9.17, 15) is 9.59 Å². The first-order valence-corrected chi connectivity index (χ1v) is 9.64. The third kappa shape index (κ3) is 5.22. The van der Waals surface area contributed by atoms with Gasteiger partial charge in [-0.05, 0) is 47.5 Å². The summed E-state index contributed by atoms with van der Waals surface area (Å²) in [6, 6.07) is 23.2. The minimum Gasteiger partial charge on any atom is -0.489 e. The molecule has 0 atom stereocenters. The fraction of sp³-hybridized carbons (Fsp3) is 0.0833. The molecule has 0 unspecified atom stereocenters. The molecule has 2 heterocycles. The topological polar surface area (TPSA) is 93.7 Å². The third-order valence-corrected chi connectivity index (χ3v) is 4.48. The van der Waals surface area contributed by atoms with E-state index >= 15 is 0 Å². The van der Waals surface area contributed by atoms with Gasteiger partial charge in [0.05, 0.1) is 12.5 Å². The molecule has 156 valence electrons. The highest BCUT2D eigenvalue weighted by Gasteiger charge is 2.21. The van der Waals surface area contributed by atoms with Gasteiger partial charge >= 0.3 is 0 Å². The molecule has 4 aromatic rings. The second-order valence-electron chi connectivity index (χ2n) is 6.68. The van der Waals surface area contributed by atoms with Crippen LogP contribution < -0.4 is 15.4 Å². The second-order valence-corrected chi connectivity index (χ2v) is 6.68. The summed E-state index contributed by atoms with van der Waals surface area (Å²) in [6.45, 7) is 0.395. The van der Waals surface area contributed by atoms with Gasteiger partial charge < -0.3 is 24.2 Å². The molecule has 0 saturated heterocycles. The molecule has 0 fully saturated rings. The van der Waals surface area contributed by atoms with Gasteiger partial charge in [-0.25, -0.2) is 0 Å². The lowest BCUT2D eigenvalue weighted by atomic mass is 10.1. The molecule has 4 rings (SSSR count). The van der Waals surface area contributed by atoms with Gasteiger partial charge in [0, 0.05) is 0 Å². The number of carbonyl (C=O) groups is 2. The van der Waals surface area contributed by atoms with E-state index in [4.69, 9.17) is 13.6 Å². The van der Waals surface area contributed by atoms with E-state index in [0.29, 0.717) is 17.9 Å². The van der Waals surface area contributed by atoms with Crippen LogP contribution in [-0.2, 0) is 6.61 Å². The van der Waals surface area contributed by atoms with Crippen LogP contribution in [-0.4, -0.2) is 11.8 Å². The van der Waals surface area contributed by atoms with Crippen molar-refractivity contribution in [2.24, 2.45) is 0 Å². The Morgan fingerprint density at radius 2 is 1.42 bits per heavy atom. The Morgan fingerprint density at radius 3 is 2.00 bits per heavy atom. The van der Waals surface area contributed by atoms with E-state index in [0.717, 1.165) is 5.56 Å². The fourth-order valence-electron chi connectivity index (χ4n) is 2.95. The summed E-state index contributed by atoms with van der Waals surface area (Å²) in [5.41, 5.74) is 1.66. The third-order valence-electron chi connectivity index (χ3n) is 4.48. The molecule has 0 spiro atoms. The van der Waals surface area contributed by atoms with Gasteiger partial charge in [-0.1, -0.05) is 42.5 Å². The van der Waals surface area contributed by atoms with Crippen molar-refractivity contribution in [3.8, 4) is 5.75 Å². The van der Waals surface area contributed by atoms with E-state index in [1.54, 1.807) is 42.5 Å². The Labute approximate surface area is 178 Å². The first-order valence-electron chi connectivity index (χ1n) is 9.64. The van der Waals surface area contributed by atoms with Crippen molar-refractivity contribution in [3.63, 3.8) is 0 Å². The molecule has 7 heteroatoms. The molecule has 0 aliphatic rings. The van der Waals surface area contributed by atoms with Gasteiger partial charge in [0.2, 0.25) is 0 Å². The molecule has 7 nitrogen and oxygen atoms in total. The minimum atomic E-state index is -0.838. The number of rotatable bonds is 8. The number of hydrogen-bond acceptors (Lipinski definition) is 5. The number of amides is 2. The average molecular weight is 416 g/mol. The Kier molecular flexibility index (Phi) is 6.13. The van der Waals surface area contributed by atoms with E-state index in [2.05, 4.69) is 10.6 Å². The zero-order valence-corrected chi connectivity index (χ0v) is 16.5. The number of ether oxygens (including phenoxy) is 1. The quantitative estimate of drug-likeness (QED) is 0.418. The number of benzene rings is 2. The number of nitrogens with one attached hydrogen (secondary N) is 2. The lowest BCUT2D eigenvalue weighted by Crippen LogP contribution is -2.41. The highest BCUT2D eigenvalue weighted by Crippen LogP contribution is 2.20. The van der Waals surface area contributed by atoms with Crippen LogP contribution in [0.5, 0.6) is 5.75 Å². The highest BCUT2D eigenvalue weighted by molar-refractivity contribution is 5.94. The van der Waals surface area contributed by atoms with Crippen LogP contribution in [0.3, 0.4) is 0 Å². The Morgan fingerprint density at radius 1 is 0.774 bits per heavy atom. The maximum atomic E-state index is 12.5. The van der Waals surface area contributed by atoms with Crippen LogP contribution in [0.1, 0.15) is 38.4 Å². The molecule has 0 aliphatic carbocycles.